The van der Waals surface area contributed by atoms with Gasteiger partial charge in [0.15, 0.2) is 0 Å². The van der Waals surface area contributed by atoms with Crippen molar-refractivity contribution < 1.29 is 14.7 Å². The molecule has 1 heterocycles. The molecule has 146 valence electrons. The van der Waals surface area contributed by atoms with Crippen molar-refractivity contribution in [3.05, 3.63) is 59.7 Å². The predicted octanol–water partition coefficient (Wildman–Crippen LogP) is 2.81. The van der Waals surface area contributed by atoms with E-state index >= 15 is 0 Å². The largest absolute Gasteiger partial charge is 0.380 e. The minimum atomic E-state index is -1.36. The maximum atomic E-state index is 13.2. The van der Waals surface area contributed by atoms with Crippen molar-refractivity contribution in [1.82, 2.24) is 10.2 Å². The van der Waals surface area contributed by atoms with Gasteiger partial charge in [0.2, 0.25) is 11.8 Å². The molecule has 5 heteroatoms. The van der Waals surface area contributed by atoms with Crippen molar-refractivity contribution >= 4 is 11.8 Å². The molecule has 2 N–H and O–H groups in total. The van der Waals surface area contributed by atoms with Crippen LogP contribution in [0.5, 0.6) is 0 Å². The SMILES string of the molecule is CCCNC(=O)[C@@H]1CCCN1C(=O)CC1(O)c2ccccc2-c2ccccc21. The van der Waals surface area contributed by atoms with E-state index in [2.05, 4.69) is 5.32 Å². The van der Waals surface area contributed by atoms with Gasteiger partial charge < -0.3 is 15.3 Å². The van der Waals surface area contributed by atoms with Crippen molar-refractivity contribution in [2.75, 3.05) is 13.1 Å². The predicted molar refractivity (Wildman–Crippen MR) is 108 cm³/mol. The highest BCUT2D eigenvalue weighted by atomic mass is 16.3. The van der Waals surface area contributed by atoms with Crippen LogP contribution in [0.2, 0.25) is 0 Å². The molecule has 2 aliphatic rings. The van der Waals surface area contributed by atoms with Gasteiger partial charge in [-0.3, -0.25) is 9.59 Å². The Labute approximate surface area is 165 Å². The van der Waals surface area contributed by atoms with Gasteiger partial charge >= 0.3 is 0 Å². The lowest BCUT2D eigenvalue weighted by molar-refractivity contribution is -0.141. The van der Waals surface area contributed by atoms with E-state index in [-0.39, 0.29) is 18.2 Å². The molecular formula is C23H26N2O3. The molecule has 1 aliphatic heterocycles. The summed E-state index contributed by atoms with van der Waals surface area (Å²) >= 11 is 0. The van der Waals surface area contributed by atoms with Crippen molar-refractivity contribution in [2.45, 2.75) is 44.2 Å². The minimum absolute atomic E-state index is 0.0570. The number of benzene rings is 2. The highest BCUT2D eigenvalue weighted by Crippen LogP contribution is 2.49. The van der Waals surface area contributed by atoms with Crippen LogP contribution >= 0.6 is 0 Å². The Balaban J connectivity index is 1.61. The quantitative estimate of drug-likeness (QED) is 0.841. The third-order valence-electron chi connectivity index (χ3n) is 5.87. The number of hydrogen-bond acceptors (Lipinski definition) is 3. The van der Waals surface area contributed by atoms with E-state index in [0.29, 0.717) is 19.5 Å². The number of carbonyl (C=O) groups excluding carboxylic acids is 2. The highest BCUT2D eigenvalue weighted by Gasteiger charge is 2.45. The number of nitrogens with one attached hydrogen (secondary N) is 1. The summed E-state index contributed by atoms with van der Waals surface area (Å²) in [5.41, 5.74) is 2.09. The number of hydrogen-bond donors (Lipinski definition) is 2. The first-order valence-electron chi connectivity index (χ1n) is 10.0. The van der Waals surface area contributed by atoms with Crippen LogP contribution < -0.4 is 5.32 Å². The van der Waals surface area contributed by atoms with Crippen LogP contribution in [0.15, 0.2) is 48.5 Å². The zero-order chi connectivity index (χ0) is 19.7. The average molecular weight is 378 g/mol. The van der Waals surface area contributed by atoms with Gasteiger partial charge in [-0.2, -0.15) is 0 Å². The topological polar surface area (TPSA) is 69.6 Å². The number of amides is 2. The Kier molecular flexibility index (Phi) is 4.94. The average Bonchev–Trinajstić information content (AvgIpc) is 3.30. The summed E-state index contributed by atoms with van der Waals surface area (Å²) in [6, 6.07) is 15.0. The molecule has 0 saturated carbocycles. The van der Waals surface area contributed by atoms with E-state index in [4.69, 9.17) is 0 Å². The van der Waals surface area contributed by atoms with Gasteiger partial charge in [-0.25, -0.2) is 0 Å². The lowest BCUT2D eigenvalue weighted by atomic mass is 9.87. The summed E-state index contributed by atoms with van der Waals surface area (Å²) in [5, 5.41) is 14.5. The summed E-state index contributed by atoms with van der Waals surface area (Å²) < 4.78 is 0. The summed E-state index contributed by atoms with van der Waals surface area (Å²) in [5.74, 6) is -0.268. The summed E-state index contributed by atoms with van der Waals surface area (Å²) in [6.07, 6.45) is 2.28. The van der Waals surface area contributed by atoms with Gasteiger partial charge in [0.1, 0.15) is 11.6 Å². The molecule has 1 aliphatic carbocycles. The lowest BCUT2D eigenvalue weighted by Crippen LogP contribution is -2.47. The van der Waals surface area contributed by atoms with Gasteiger partial charge in [0.05, 0.1) is 6.42 Å². The van der Waals surface area contributed by atoms with Crippen LogP contribution in [-0.2, 0) is 15.2 Å². The molecule has 1 fully saturated rings. The van der Waals surface area contributed by atoms with Crippen LogP contribution in [0.1, 0.15) is 43.7 Å². The molecular weight excluding hydrogens is 352 g/mol. The minimum Gasteiger partial charge on any atom is -0.380 e. The first-order valence-corrected chi connectivity index (χ1v) is 10.0. The Bertz CT molecular complexity index is 863. The first kappa shape index (κ1) is 18.7. The number of aliphatic hydroxyl groups is 1. The van der Waals surface area contributed by atoms with Crippen molar-refractivity contribution in [1.29, 1.82) is 0 Å². The standard InChI is InChI=1S/C23H26N2O3/c1-2-13-24-22(27)20-12-7-14-25(20)21(26)15-23(28)18-10-5-3-8-16(18)17-9-4-6-11-19(17)23/h3-6,8-11,20,28H,2,7,12-15H2,1H3,(H,24,27)/t20-/m0/s1. The second-order valence-electron chi connectivity index (χ2n) is 7.66. The number of rotatable bonds is 5. The van der Waals surface area contributed by atoms with Crippen molar-refractivity contribution in [3.63, 3.8) is 0 Å². The van der Waals surface area contributed by atoms with E-state index in [1.807, 2.05) is 55.5 Å². The lowest BCUT2D eigenvalue weighted by Gasteiger charge is -2.30. The molecule has 5 nitrogen and oxygen atoms in total. The molecule has 0 radical (unpaired) electrons. The monoisotopic (exact) mass is 378 g/mol. The molecule has 4 rings (SSSR count). The van der Waals surface area contributed by atoms with Crippen LogP contribution in [0.25, 0.3) is 11.1 Å². The molecule has 0 aromatic heterocycles. The van der Waals surface area contributed by atoms with E-state index in [1.165, 1.54) is 0 Å². The summed E-state index contributed by atoms with van der Waals surface area (Å²) in [7, 11) is 0. The van der Waals surface area contributed by atoms with Gasteiger partial charge in [0, 0.05) is 13.1 Å². The number of carbonyl (C=O) groups is 2. The fraction of sp³-hybridized carbons (Fsp3) is 0.391. The Morgan fingerprint density at radius 1 is 1.11 bits per heavy atom. The van der Waals surface area contributed by atoms with E-state index in [9.17, 15) is 14.7 Å². The second-order valence-corrected chi connectivity index (χ2v) is 7.66. The maximum absolute atomic E-state index is 13.2. The molecule has 2 aromatic rings. The smallest absolute Gasteiger partial charge is 0.242 e. The van der Waals surface area contributed by atoms with E-state index < -0.39 is 11.6 Å². The summed E-state index contributed by atoms with van der Waals surface area (Å²) in [4.78, 5) is 27.3. The van der Waals surface area contributed by atoms with Crippen LogP contribution in [-0.4, -0.2) is 41.0 Å². The highest BCUT2D eigenvalue weighted by molar-refractivity contribution is 5.90. The number of fused-ring (bicyclic) bond motifs is 3. The van der Waals surface area contributed by atoms with Gasteiger partial charge in [-0.05, 0) is 41.5 Å². The van der Waals surface area contributed by atoms with Gasteiger partial charge in [-0.1, -0.05) is 55.5 Å². The van der Waals surface area contributed by atoms with Crippen LogP contribution in [0.4, 0.5) is 0 Å². The third kappa shape index (κ3) is 3.00. The molecule has 28 heavy (non-hydrogen) atoms. The molecule has 0 spiro atoms. The van der Waals surface area contributed by atoms with Gasteiger partial charge in [0.25, 0.3) is 0 Å². The zero-order valence-electron chi connectivity index (χ0n) is 16.1. The zero-order valence-corrected chi connectivity index (χ0v) is 16.1. The van der Waals surface area contributed by atoms with Crippen LogP contribution in [0.3, 0.4) is 0 Å². The number of likely N-dealkylation sites (tertiary alicyclic amines) is 1. The van der Waals surface area contributed by atoms with Gasteiger partial charge in [-0.15, -0.1) is 0 Å². The molecule has 1 atom stereocenters. The summed E-state index contributed by atoms with van der Waals surface area (Å²) in [6.45, 7) is 3.17. The maximum Gasteiger partial charge on any atom is 0.242 e. The van der Waals surface area contributed by atoms with E-state index in [0.717, 1.165) is 35.1 Å². The normalized spacial score (nSPS) is 19.2. The van der Waals surface area contributed by atoms with E-state index in [1.54, 1.807) is 4.90 Å². The first-order chi connectivity index (χ1) is 13.6. The Morgan fingerprint density at radius 3 is 2.32 bits per heavy atom. The van der Waals surface area contributed by atoms with Crippen molar-refractivity contribution in [2.24, 2.45) is 0 Å². The van der Waals surface area contributed by atoms with Crippen molar-refractivity contribution in [3.8, 4) is 11.1 Å². The molecule has 0 unspecified atom stereocenters. The number of nitrogens with zero attached hydrogens (tertiary/aromatic N) is 1. The molecule has 2 aromatic carbocycles. The fourth-order valence-electron chi connectivity index (χ4n) is 4.52. The second kappa shape index (κ2) is 7.40. The Hall–Kier alpha value is -2.66. The molecule has 0 bridgehead atoms. The fourth-order valence-corrected chi connectivity index (χ4v) is 4.52. The molecule has 2 amide bonds. The van der Waals surface area contributed by atoms with Crippen LogP contribution in [0, 0.1) is 0 Å². The molecule has 1 saturated heterocycles. The Morgan fingerprint density at radius 2 is 1.71 bits per heavy atom. The third-order valence-corrected chi connectivity index (χ3v) is 5.87.